The topological polar surface area (TPSA) is 41.9 Å². The zero-order chi connectivity index (χ0) is 18.5. The summed E-state index contributed by atoms with van der Waals surface area (Å²) in [5.41, 5.74) is 2.31. The molecule has 0 radical (unpaired) electrons. The number of fused-ring (bicyclic) bond motifs is 1. The van der Waals surface area contributed by atoms with Crippen molar-refractivity contribution in [2.45, 2.75) is 25.6 Å². The van der Waals surface area contributed by atoms with Crippen LogP contribution in [0.1, 0.15) is 16.0 Å². The van der Waals surface area contributed by atoms with E-state index in [0.717, 1.165) is 35.7 Å². The van der Waals surface area contributed by atoms with Crippen molar-refractivity contribution in [1.82, 2.24) is 4.90 Å². The molecule has 3 aromatic rings. The maximum absolute atomic E-state index is 10.7. The molecule has 1 unspecified atom stereocenters. The second kappa shape index (κ2) is 8.57. The fraction of sp³-hybridized carbons (Fsp3) is 0.273. The molecule has 0 spiro atoms. The molecule has 4 nitrogen and oxygen atoms in total. The van der Waals surface area contributed by atoms with Gasteiger partial charge in [-0.05, 0) is 41.1 Å². The van der Waals surface area contributed by atoms with Crippen LogP contribution in [0.4, 0.5) is 0 Å². The number of ether oxygens (including phenoxy) is 2. The van der Waals surface area contributed by atoms with Crippen molar-refractivity contribution in [3.63, 3.8) is 0 Å². The molecule has 2 heterocycles. The quantitative estimate of drug-likeness (QED) is 0.638. The van der Waals surface area contributed by atoms with Gasteiger partial charge in [-0.1, -0.05) is 42.5 Å². The van der Waals surface area contributed by atoms with Crippen LogP contribution in [0.3, 0.4) is 0 Å². The fourth-order valence-corrected chi connectivity index (χ4v) is 4.10. The van der Waals surface area contributed by atoms with E-state index in [-0.39, 0.29) is 6.79 Å². The molecule has 1 N–H and O–H groups in total. The maximum Gasteiger partial charge on any atom is 0.231 e. The van der Waals surface area contributed by atoms with Crippen molar-refractivity contribution in [2.24, 2.45) is 0 Å². The molecule has 0 amide bonds. The van der Waals surface area contributed by atoms with Gasteiger partial charge in [-0.15, -0.1) is 11.3 Å². The van der Waals surface area contributed by atoms with E-state index in [1.54, 1.807) is 11.3 Å². The lowest BCUT2D eigenvalue weighted by Crippen LogP contribution is -2.32. The molecule has 0 fully saturated rings. The highest BCUT2D eigenvalue weighted by Crippen LogP contribution is 2.33. The molecule has 1 aliphatic heterocycles. The van der Waals surface area contributed by atoms with E-state index in [1.807, 2.05) is 30.3 Å². The SMILES string of the molecule is OC(Cc1ccccc1)CN(Cc1ccc2c(c1)OCO2)Cc1cccs1. The first-order valence-electron chi connectivity index (χ1n) is 9.11. The minimum atomic E-state index is -0.415. The van der Waals surface area contributed by atoms with Gasteiger partial charge in [0.05, 0.1) is 6.10 Å². The van der Waals surface area contributed by atoms with Crippen molar-refractivity contribution in [2.75, 3.05) is 13.3 Å². The van der Waals surface area contributed by atoms with Gasteiger partial charge in [-0.25, -0.2) is 0 Å². The molecule has 0 aliphatic carbocycles. The normalized spacial score (nSPS) is 13.9. The first-order chi connectivity index (χ1) is 13.3. The van der Waals surface area contributed by atoms with Crippen molar-refractivity contribution in [3.05, 3.63) is 82.0 Å². The Kier molecular flexibility index (Phi) is 5.72. The van der Waals surface area contributed by atoms with Crippen molar-refractivity contribution in [1.29, 1.82) is 0 Å². The highest BCUT2D eigenvalue weighted by Gasteiger charge is 2.17. The van der Waals surface area contributed by atoms with E-state index in [9.17, 15) is 5.11 Å². The summed E-state index contributed by atoms with van der Waals surface area (Å²) in [6.07, 6.45) is 0.240. The van der Waals surface area contributed by atoms with Gasteiger partial charge in [-0.3, -0.25) is 4.90 Å². The summed E-state index contributed by atoms with van der Waals surface area (Å²) in [4.78, 5) is 3.58. The lowest BCUT2D eigenvalue weighted by molar-refractivity contribution is 0.105. The third kappa shape index (κ3) is 4.89. The van der Waals surface area contributed by atoms with Crippen LogP contribution >= 0.6 is 11.3 Å². The first-order valence-corrected chi connectivity index (χ1v) is 9.99. The smallest absolute Gasteiger partial charge is 0.231 e. The molecular formula is C22H23NO3S. The van der Waals surface area contributed by atoms with Crippen molar-refractivity contribution >= 4 is 11.3 Å². The van der Waals surface area contributed by atoms with E-state index >= 15 is 0 Å². The van der Waals surface area contributed by atoms with Crippen LogP contribution in [0.5, 0.6) is 11.5 Å². The lowest BCUT2D eigenvalue weighted by Gasteiger charge is -2.25. The van der Waals surface area contributed by atoms with Crippen LogP contribution in [0, 0.1) is 0 Å². The van der Waals surface area contributed by atoms with E-state index in [1.165, 1.54) is 4.88 Å². The van der Waals surface area contributed by atoms with Crippen molar-refractivity contribution < 1.29 is 14.6 Å². The average molecular weight is 381 g/mol. The standard InChI is InChI=1S/C22H23NO3S/c24-19(11-17-5-2-1-3-6-17)14-23(15-20-7-4-10-27-20)13-18-8-9-21-22(12-18)26-16-25-21/h1-10,12,19,24H,11,13-16H2. The predicted molar refractivity (Wildman–Crippen MR) is 107 cm³/mol. The summed E-state index contributed by atoms with van der Waals surface area (Å²) in [6.45, 7) is 2.47. The maximum atomic E-state index is 10.7. The van der Waals surface area contributed by atoms with E-state index < -0.39 is 6.10 Å². The third-order valence-corrected chi connectivity index (χ3v) is 5.45. The molecule has 1 aliphatic rings. The molecule has 1 atom stereocenters. The van der Waals surface area contributed by atoms with E-state index in [2.05, 4.69) is 40.6 Å². The summed E-state index contributed by atoms with van der Waals surface area (Å²) in [5.74, 6) is 1.60. The van der Waals surface area contributed by atoms with Gasteiger partial charge in [0.25, 0.3) is 0 Å². The van der Waals surface area contributed by atoms with Gasteiger partial charge in [0.15, 0.2) is 11.5 Å². The lowest BCUT2D eigenvalue weighted by atomic mass is 10.1. The highest BCUT2D eigenvalue weighted by atomic mass is 32.1. The van der Waals surface area contributed by atoms with Crippen LogP contribution in [0.15, 0.2) is 66.0 Å². The minimum Gasteiger partial charge on any atom is -0.454 e. The Morgan fingerprint density at radius 1 is 0.926 bits per heavy atom. The summed E-state index contributed by atoms with van der Waals surface area (Å²) in [7, 11) is 0. The van der Waals surface area contributed by atoms with Gasteiger partial charge in [-0.2, -0.15) is 0 Å². The Hall–Kier alpha value is -2.34. The fourth-order valence-electron chi connectivity index (χ4n) is 3.35. The molecule has 0 bridgehead atoms. The van der Waals surface area contributed by atoms with E-state index in [4.69, 9.17) is 9.47 Å². The Bertz CT molecular complexity index is 851. The van der Waals surface area contributed by atoms with Crippen LogP contribution in [-0.2, 0) is 19.5 Å². The molecule has 2 aromatic carbocycles. The number of aliphatic hydroxyl groups excluding tert-OH is 1. The molecule has 1 aromatic heterocycles. The number of benzene rings is 2. The van der Waals surface area contributed by atoms with Crippen LogP contribution < -0.4 is 9.47 Å². The Morgan fingerprint density at radius 2 is 1.78 bits per heavy atom. The molecule has 5 heteroatoms. The highest BCUT2D eigenvalue weighted by molar-refractivity contribution is 7.09. The molecule has 0 saturated heterocycles. The second-order valence-corrected chi connectivity index (χ2v) is 7.81. The number of hydrogen-bond acceptors (Lipinski definition) is 5. The van der Waals surface area contributed by atoms with Gasteiger partial charge in [0.1, 0.15) is 0 Å². The van der Waals surface area contributed by atoms with E-state index in [0.29, 0.717) is 13.0 Å². The Morgan fingerprint density at radius 3 is 2.59 bits per heavy atom. The van der Waals surface area contributed by atoms with Gasteiger partial charge in [0, 0.05) is 24.5 Å². The monoisotopic (exact) mass is 381 g/mol. The zero-order valence-corrected chi connectivity index (χ0v) is 15.9. The molecule has 0 saturated carbocycles. The van der Waals surface area contributed by atoms with Gasteiger partial charge in [0.2, 0.25) is 6.79 Å². The number of nitrogens with zero attached hydrogens (tertiary/aromatic N) is 1. The third-order valence-electron chi connectivity index (χ3n) is 4.59. The average Bonchev–Trinajstić information content (AvgIpc) is 3.33. The number of thiophene rings is 1. The van der Waals surface area contributed by atoms with Gasteiger partial charge >= 0.3 is 0 Å². The molecule has 4 rings (SSSR count). The summed E-state index contributed by atoms with van der Waals surface area (Å²) >= 11 is 1.74. The Labute approximate surface area is 163 Å². The van der Waals surface area contributed by atoms with Crippen molar-refractivity contribution in [3.8, 4) is 11.5 Å². The minimum absolute atomic E-state index is 0.285. The summed E-state index contributed by atoms with van der Waals surface area (Å²) in [5, 5.41) is 12.7. The van der Waals surface area contributed by atoms with Crippen LogP contribution in [-0.4, -0.2) is 29.4 Å². The second-order valence-electron chi connectivity index (χ2n) is 6.78. The Balaban J connectivity index is 1.45. The predicted octanol–water partition coefficient (Wildman–Crippen LogP) is 4.08. The molecule has 140 valence electrons. The van der Waals surface area contributed by atoms with Crippen LogP contribution in [0.25, 0.3) is 0 Å². The number of rotatable bonds is 8. The van der Waals surface area contributed by atoms with Gasteiger partial charge < -0.3 is 14.6 Å². The molecule has 27 heavy (non-hydrogen) atoms. The number of aliphatic hydroxyl groups is 1. The van der Waals surface area contributed by atoms with Crippen LogP contribution in [0.2, 0.25) is 0 Å². The number of hydrogen-bond donors (Lipinski definition) is 1. The summed E-state index contributed by atoms with van der Waals surface area (Å²) in [6, 6.07) is 20.4. The first kappa shape index (κ1) is 18.0. The molecular weight excluding hydrogens is 358 g/mol. The zero-order valence-electron chi connectivity index (χ0n) is 15.1. The largest absolute Gasteiger partial charge is 0.454 e. The summed E-state index contributed by atoms with van der Waals surface area (Å²) < 4.78 is 10.9.